The molecule has 0 saturated carbocycles. The molecule has 1 unspecified atom stereocenters. The number of rotatable bonds is 5. The maximum atomic E-state index is 13.6. The number of hydrogen-bond donors (Lipinski definition) is 0. The van der Waals surface area contributed by atoms with Crippen molar-refractivity contribution in [3.8, 4) is 5.75 Å². The van der Waals surface area contributed by atoms with Gasteiger partial charge < -0.3 is 9.47 Å². The van der Waals surface area contributed by atoms with E-state index in [0.717, 1.165) is 11.1 Å². The van der Waals surface area contributed by atoms with Gasteiger partial charge in [-0.05, 0) is 38.5 Å². The van der Waals surface area contributed by atoms with Crippen LogP contribution in [0.3, 0.4) is 0 Å². The van der Waals surface area contributed by atoms with Crippen LogP contribution in [-0.4, -0.2) is 23.1 Å². The number of aromatic nitrogens is 1. The fraction of sp³-hybridized carbons (Fsp3) is 0.231. The van der Waals surface area contributed by atoms with E-state index in [-0.39, 0.29) is 12.2 Å². The Morgan fingerprint density at radius 2 is 1.82 bits per heavy atom. The molecule has 0 spiro atoms. The molecule has 0 saturated heterocycles. The average Bonchev–Trinajstić information content (AvgIpc) is 3.09. The van der Waals surface area contributed by atoms with Crippen LogP contribution in [0.1, 0.15) is 43.5 Å². The van der Waals surface area contributed by atoms with Crippen molar-refractivity contribution in [2.24, 2.45) is 4.99 Å². The van der Waals surface area contributed by atoms with Crippen molar-refractivity contribution in [2.75, 3.05) is 6.61 Å². The molecule has 0 aliphatic carbocycles. The normalized spacial score (nSPS) is 15.5. The number of nitrogens with zero attached hydrogens (tertiary/aromatic N) is 2. The predicted molar refractivity (Wildman–Crippen MR) is 129 cm³/mol. The summed E-state index contributed by atoms with van der Waals surface area (Å²) in [7, 11) is 0. The molecule has 0 fully saturated rings. The first-order chi connectivity index (χ1) is 16.3. The summed E-state index contributed by atoms with van der Waals surface area (Å²) in [6.07, 6.45) is 1.68. The maximum Gasteiger partial charge on any atom is 0.338 e. The molecule has 1 aliphatic rings. The van der Waals surface area contributed by atoms with E-state index in [4.69, 9.17) is 9.47 Å². The lowest BCUT2D eigenvalue weighted by Crippen LogP contribution is -2.39. The van der Waals surface area contributed by atoms with E-state index in [0.29, 0.717) is 31.9 Å². The second-order valence-electron chi connectivity index (χ2n) is 7.84. The van der Waals surface area contributed by atoms with Crippen LogP contribution in [0.5, 0.6) is 5.75 Å². The first-order valence-electron chi connectivity index (χ1n) is 10.8. The third-order valence-corrected chi connectivity index (χ3v) is 6.35. The third kappa shape index (κ3) is 4.49. The van der Waals surface area contributed by atoms with Crippen LogP contribution in [-0.2, 0) is 14.3 Å². The topological polar surface area (TPSA) is 87.0 Å². The second-order valence-corrected chi connectivity index (χ2v) is 8.85. The summed E-state index contributed by atoms with van der Waals surface area (Å²) in [6, 6.07) is 14.0. The molecule has 4 rings (SSSR count). The van der Waals surface area contributed by atoms with Crippen LogP contribution in [0.2, 0.25) is 0 Å². The number of hydrogen-bond acceptors (Lipinski definition) is 7. The number of esters is 2. The van der Waals surface area contributed by atoms with Crippen LogP contribution in [0.4, 0.5) is 0 Å². The van der Waals surface area contributed by atoms with E-state index < -0.39 is 18.0 Å². The van der Waals surface area contributed by atoms with Crippen molar-refractivity contribution >= 4 is 29.4 Å². The van der Waals surface area contributed by atoms with Crippen molar-refractivity contribution in [1.82, 2.24) is 4.57 Å². The van der Waals surface area contributed by atoms with Gasteiger partial charge in [-0.15, -0.1) is 0 Å². The molecule has 0 radical (unpaired) electrons. The average molecular weight is 477 g/mol. The van der Waals surface area contributed by atoms with Gasteiger partial charge in [-0.3, -0.25) is 14.2 Å². The SMILES string of the molecule is CCOC(=O)C1=C(C)N=c2s/c(=C/c3ccccc3OC(C)=O)c(=O)n2C1c1ccc(C)cc1. The maximum absolute atomic E-state index is 13.6. The summed E-state index contributed by atoms with van der Waals surface area (Å²) in [5.74, 6) is -0.584. The predicted octanol–water partition coefficient (Wildman–Crippen LogP) is 3.03. The molecule has 1 aromatic heterocycles. The smallest absolute Gasteiger partial charge is 0.338 e. The van der Waals surface area contributed by atoms with E-state index >= 15 is 0 Å². The molecule has 0 bridgehead atoms. The van der Waals surface area contributed by atoms with Gasteiger partial charge in [-0.25, -0.2) is 9.79 Å². The highest BCUT2D eigenvalue weighted by Crippen LogP contribution is 2.30. The first kappa shape index (κ1) is 23.4. The van der Waals surface area contributed by atoms with E-state index in [1.165, 1.54) is 22.8 Å². The Morgan fingerprint density at radius 1 is 1.12 bits per heavy atom. The van der Waals surface area contributed by atoms with Crippen LogP contribution in [0.25, 0.3) is 6.08 Å². The molecule has 8 heteroatoms. The van der Waals surface area contributed by atoms with Gasteiger partial charge >= 0.3 is 11.9 Å². The van der Waals surface area contributed by atoms with Crippen LogP contribution < -0.4 is 19.6 Å². The van der Waals surface area contributed by atoms with Gasteiger partial charge in [0, 0.05) is 12.5 Å². The van der Waals surface area contributed by atoms with Gasteiger partial charge in [0.15, 0.2) is 4.80 Å². The minimum Gasteiger partial charge on any atom is -0.463 e. The number of carbonyl (C=O) groups excluding carboxylic acids is 2. The van der Waals surface area contributed by atoms with Gasteiger partial charge in [0.2, 0.25) is 0 Å². The van der Waals surface area contributed by atoms with E-state index in [1.807, 2.05) is 31.2 Å². The fourth-order valence-corrected chi connectivity index (χ4v) is 4.88. The molecule has 7 nitrogen and oxygen atoms in total. The van der Waals surface area contributed by atoms with Gasteiger partial charge in [0.25, 0.3) is 5.56 Å². The highest BCUT2D eigenvalue weighted by atomic mass is 32.1. The number of para-hydroxylation sites is 1. The van der Waals surface area contributed by atoms with Crippen LogP contribution in [0.15, 0.2) is 69.6 Å². The second kappa shape index (κ2) is 9.61. The van der Waals surface area contributed by atoms with E-state index in [2.05, 4.69) is 4.99 Å². The van der Waals surface area contributed by atoms with Crippen molar-refractivity contribution < 1.29 is 19.1 Å². The van der Waals surface area contributed by atoms with Crippen molar-refractivity contribution in [3.05, 3.63) is 96.2 Å². The summed E-state index contributed by atoms with van der Waals surface area (Å²) < 4.78 is 12.5. The molecule has 0 N–H and O–H groups in total. The standard InChI is InChI=1S/C26H24N2O5S/c1-5-32-25(31)22-16(3)27-26-28(23(22)18-12-10-15(2)11-13-18)24(30)21(34-26)14-19-8-6-7-9-20(19)33-17(4)29/h6-14,23H,5H2,1-4H3/b21-14+. The van der Waals surface area contributed by atoms with Crippen LogP contribution in [0, 0.1) is 6.92 Å². The number of ether oxygens (including phenoxy) is 2. The van der Waals surface area contributed by atoms with Crippen molar-refractivity contribution in [2.45, 2.75) is 33.7 Å². The minimum absolute atomic E-state index is 0.216. The molecular weight excluding hydrogens is 452 g/mol. The molecule has 1 aliphatic heterocycles. The zero-order valence-corrected chi connectivity index (χ0v) is 20.1. The van der Waals surface area contributed by atoms with E-state index in [1.54, 1.807) is 44.2 Å². The van der Waals surface area contributed by atoms with Crippen LogP contribution >= 0.6 is 11.3 Å². The quantitative estimate of drug-likeness (QED) is 0.417. The van der Waals surface area contributed by atoms with Crippen molar-refractivity contribution in [1.29, 1.82) is 0 Å². The summed E-state index contributed by atoms with van der Waals surface area (Å²) in [4.78, 5) is 43.1. The molecule has 2 heterocycles. The highest BCUT2D eigenvalue weighted by Gasteiger charge is 2.33. The Bertz CT molecular complexity index is 1480. The summed E-state index contributed by atoms with van der Waals surface area (Å²) in [5.41, 5.74) is 3.01. The van der Waals surface area contributed by atoms with Gasteiger partial charge in [-0.2, -0.15) is 0 Å². The number of aryl methyl sites for hydroxylation is 1. The number of fused-ring (bicyclic) bond motifs is 1. The fourth-order valence-electron chi connectivity index (χ4n) is 3.84. The summed E-state index contributed by atoms with van der Waals surface area (Å²) in [6.45, 7) is 7.01. The number of allylic oxidation sites excluding steroid dienone is 1. The third-order valence-electron chi connectivity index (χ3n) is 5.37. The van der Waals surface area contributed by atoms with E-state index in [9.17, 15) is 14.4 Å². The highest BCUT2D eigenvalue weighted by molar-refractivity contribution is 7.07. The van der Waals surface area contributed by atoms with Gasteiger partial charge in [0.05, 0.1) is 28.5 Å². The van der Waals surface area contributed by atoms with Gasteiger partial charge in [0.1, 0.15) is 5.75 Å². The molecule has 3 aromatic rings. The Hall–Kier alpha value is -3.78. The van der Waals surface area contributed by atoms with Gasteiger partial charge in [-0.1, -0.05) is 59.4 Å². The molecule has 0 amide bonds. The summed E-state index contributed by atoms with van der Waals surface area (Å²) >= 11 is 1.22. The Morgan fingerprint density at radius 3 is 2.50 bits per heavy atom. The Balaban J connectivity index is 1.94. The Kier molecular flexibility index (Phi) is 6.61. The molecule has 174 valence electrons. The zero-order valence-electron chi connectivity index (χ0n) is 19.3. The summed E-state index contributed by atoms with van der Waals surface area (Å²) in [5, 5.41) is 0. The molecule has 2 aromatic carbocycles. The molecule has 34 heavy (non-hydrogen) atoms. The number of thiazole rings is 1. The first-order valence-corrected chi connectivity index (χ1v) is 11.7. The number of benzene rings is 2. The molecule has 1 atom stereocenters. The Labute approximate surface area is 200 Å². The molecular formula is C26H24N2O5S. The number of carbonyl (C=O) groups is 2. The zero-order chi connectivity index (χ0) is 24.4. The lowest BCUT2D eigenvalue weighted by Gasteiger charge is -2.24. The van der Waals surface area contributed by atoms with Crippen molar-refractivity contribution in [3.63, 3.8) is 0 Å². The largest absolute Gasteiger partial charge is 0.463 e. The monoisotopic (exact) mass is 476 g/mol. The lowest BCUT2D eigenvalue weighted by atomic mass is 9.95. The minimum atomic E-state index is -0.665. The lowest BCUT2D eigenvalue weighted by molar-refractivity contribution is -0.139.